The topological polar surface area (TPSA) is 101 Å². The fourth-order valence-corrected chi connectivity index (χ4v) is 5.80. The second-order valence-corrected chi connectivity index (χ2v) is 9.54. The Bertz CT molecular complexity index is 941. The molecule has 1 N–H and O–H groups in total. The van der Waals surface area contributed by atoms with Gasteiger partial charge in [0.1, 0.15) is 5.25 Å². The number of carbonyl (C=O) groups is 4. The minimum Gasteiger partial charge on any atom is -0.450 e. The highest BCUT2D eigenvalue weighted by atomic mass is 32.2. The highest BCUT2D eigenvalue weighted by molar-refractivity contribution is 8.18. The number of hydrogen-bond donors (Lipinski definition) is 1. The third kappa shape index (κ3) is 6.52. The Morgan fingerprint density at radius 2 is 1.58 bits per heavy atom. The lowest BCUT2D eigenvalue weighted by Gasteiger charge is -2.26. The summed E-state index contributed by atoms with van der Waals surface area (Å²) in [7, 11) is 0. The van der Waals surface area contributed by atoms with E-state index in [0.29, 0.717) is 16.9 Å². The van der Waals surface area contributed by atoms with Gasteiger partial charge in [0, 0.05) is 16.9 Å². The first-order chi connectivity index (χ1) is 15.0. The number of hydrogen-bond acceptors (Lipinski definition) is 8. The summed E-state index contributed by atoms with van der Waals surface area (Å²) in [5.74, 6) is 0.207. The normalized spacial score (nSPS) is 16.5. The van der Waals surface area contributed by atoms with E-state index in [-0.39, 0.29) is 21.9 Å². The van der Waals surface area contributed by atoms with E-state index < -0.39 is 23.5 Å². The van der Waals surface area contributed by atoms with Crippen molar-refractivity contribution in [3.8, 4) is 0 Å². The van der Waals surface area contributed by atoms with Crippen molar-refractivity contribution in [2.75, 3.05) is 17.4 Å². The van der Waals surface area contributed by atoms with E-state index in [1.54, 1.807) is 60.7 Å². The number of carbonyl (C=O) groups excluding carboxylic acids is 3. The number of ether oxygens (including phenoxy) is 1. The quantitative estimate of drug-likeness (QED) is 0.592. The molecule has 31 heavy (non-hydrogen) atoms. The van der Waals surface area contributed by atoms with E-state index >= 15 is 0 Å². The average Bonchev–Trinajstić information content (AvgIpc) is 3.24. The Morgan fingerprint density at radius 1 is 1.00 bits per heavy atom. The van der Waals surface area contributed by atoms with E-state index in [9.17, 15) is 19.2 Å². The first-order valence-electron chi connectivity index (χ1n) is 9.21. The third-order valence-corrected chi connectivity index (χ3v) is 7.56. The van der Waals surface area contributed by atoms with Crippen molar-refractivity contribution >= 4 is 57.6 Å². The Labute approximate surface area is 191 Å². The van der Waals surface area contributed by atoms with E-state index in [0.717, 1.165) is 23.5 Å². The van der Waals surface area contributed by atoms with Crippen LogP contribution in [0.25, 0.3) is 0 Å². The molecule has 2 aromatic carbocycles. The molecule has 7 nitrogen and oxygen atoms in total. The predicted molar refractivity (Wildman–Crippen MR) is 122 cm³/mol. The average molecular weight is 478 g/mol. The van der Waals surface area contributed by atoms with E-state index in [1.807, 2.05) is 0 Å². The van der Waals surface area contributed by atoms with E-state index in [4.69, 9.17) is 9.84 Å². The van der Waals surface area contributed by atoms with E-state index in [2.05, 4.69) is 0 Å². The summed E-state index contributed by atoms with van der Waals surface area (Å²) >= 11 is 3.15. The summed E-state index contributed by atoms with van der Waals surface area (Å²) in [6.07, 6.45) is -2.39. The molecule has 10 heteroatoms. The first kappa shape index (κ1) is 23.2. The molecule has 2 atom stereocenters. The van der Waals surface area contributed by atoms with Gasteiger partial charge in [-0.1, -0.05) is 84.2 Å². The van der Waals surface area contributed by atoms with Gasteiger partial charge >= 0.3 is 6.16 Å². The molecule has 1 unspecified atom stereocenters. The van der Waals surface area contributed by atoms with Crippen molar-refractivity contribution in [2.45, 2.75) is 11.5 Å². The van der Waals surface area contributed by atoms with Crippen molar-refractivity contribution in [3.63, 3.8) is 0 Å². The largest absolute Gasteiger partial charge is 0.507 e. The second kappa shape index (κ2) is 11.3. The van der Waals surface area contributed by atoms with Gasteiger partial charge in [-0.2, -0.15) is 0 Å². The van der Waals surface area contributed by atoms with Crippen LogP contribution in [0.2, 0.25) is 0 Å². The van der Waals surface area contributed by atoms with Crippen molar-refractivity contribution in [1.29, 1.82) is 0 Å². The zero-order valence-electron chi connectivity index (χ0n) is 16.2. The SMILES string of the molecule is O=C(O)OC1CSCN1C(=O)[C@H](CSC(=O)c1ccccc1)SC(=O)c1ccccc1. The maximum absolute atomic E-state index is 13.2. The number of benzene rings is 2. The molecule has 0 bridgehead atoms. The molecular formula is C21H19NO6S3. The molecule has 1 saturated heterocycles. The zero-order valence-corrected chi connectivity index (χ0v) is 18.7. The molecule has 0 aromatic heterocycles. The van der Waals surface area contributed by atoms with Crippen molar-refractivity contribution < 1.29 is 29.0 Å². The van der Waals surface area contributed by atoms with Crippen LogP contribution >= 0.6 is 35.3 Å². The standard InChI is InChI=1S/C21H19NO6S3/c23-18(22-13-29-12-17(22)28-21(26)27)16(31-20(25)15-9-5-2-6-10-15)11-30-19(24)14-7-3-1-4-8-14/h1-10,16-17H,11-13H2,(H,26,27)/t16-,17?/m0/s1. The molecule has 3 rings (SSSR count). The van der Waals surface area contributed by atoms with Crippen LogP contribution in [0.1, 0.15) is 20.7 Å². The van der Waals surface area contributed by atoms with Gasteiger partial charge in [0.15, 0.2) is 6.23 Å². The zero-order chi connectivity index (χ0) is 22.2. The number of carboxylic acid groups (broad SMARTS) is 1. The molecule has 162 valence electrons. The number of thioether (sulfide) groups is 3. The molecule has 0 saturated carbocycles. The Hall–Kier alpha value is -2.43. The maximum atomic E-state index is 13.2. The first-order valence-corrected chi connectivity index (χ1v) is 12.2. The van der Waals surface area contributed by atoms with Crippen LogP contribution < -0.4 is 0 Å². The van der Waals surface area contributed by atoms with E-state index in [1.165, 1.54) is 16.7 Å². The number of amides is 1. The van der Waals surface area contributed by atoms with Gasteiger partial charge in [-0.05, 0) is 0 Å². The molecule has 0 radical (unpaired) electrons. The summed E-state index contributed by atoms with van der Waals surface area (Å²) < 4.78 is 4.81. The van der Waals surface area contributed by atoms with Crippen LogP contribution in [-0.4, -0.2) is 61.2 Å². The van der Waals surface area contributed by atoms with Gasteiger partial charge < -0.3 is 9.84 Å². The fourth-order valence-electron chi connectivity index (χ4n) is 2.77. The molecule has 2 aromatic rings. The van der Waals surface area contributed by atoms with Crippen LogP contribution in [0.3, 0.4) is 0 Å². The Balaban J connectivity index is 1.74. The molecule has 1 amide bonds. The Morgan fingerprint density at radius 3 is 2.16 bits per heavy atom. The lowest BCUT2D eigenvalue weighted by Crippen LogP contribution is -2.44. The van der Waals surface area contributed by atoms with Gasteiger partial charge in [-0.15, -0.1) is 11.8 Å². The molecule has 1 aliphatic heterocycles. The molecular weight excluding hydrogens is 458 g/mol. The van der Waals surface area contributed by atoms with Gasteiger partial charge in [0.2, 0.25) is 16.1 Å². The van der Waals surface area contributed by atoms with Crippen LogP contribution in [0.15, 0.2) is 60.7 Å². The van der Waals surface area contributed by atoms with Crippen LogP contribution in [0, 0.1) is 0 Å². The van der Waals surface area contributed by atoms with Crippen molar-refractivity contribution in [1.82, 2.24) is 4.90 Å². The smallest absolute Gasteiger partial charge is 0.450 e. The highest BCUT2D eigenvalue weighted by Crippen LogP contribution is 2.29. The van der Waals surface area contributed by atoms with Gasteiger partial charge in [-0.25, -0.2) is 4.79 Å². The summed E-state index contributed by atoms with van der Waals surface area (Å²) in [5, 5.41) is 7.55. The van der Waals surface area contributed by atoms with Crippen molar-refractivity contribution in [2.24, 2.45) is 0 Å². The summed E-state index contributed by atoms with van der Waals surface area (Å²) in [4.78, 5) is 50.7. The fraction of sp³-hybridized carbons (Fsp3) is 0.238. The molecule has 0 aliphatic carbocycles. The third-order valence-electron chi connectivity index (χ3n) is 4.27. The van der Waals surface area contributed by atoms with Crippen LogP contribution in [-0.2, 0) is 9.53 Å². The molecule has 1 heterocycles. The minimum absolute atomic E-state index is 0.0662. The molecule has 1 fully saturated rings. The van der Waals surface area contributed by atoms with Gasteiger partial charge in [-0.3, -0.25) is 19.3 Å². The summed E-state index contributed by atoms with van der Waals surface area (Å²) in [5.41, 5.74) is 0.945. The maximum Gasteiger partial charge on any atom is 0.507 e. The highest BCUT2D eigenvalue weighted by Gasteiger charge is 2.37. The van der Waals surface area contributed by atoms with Gasteiger partial charge in [0.05, 0.1) is 11.6 Å². The Kier molecular flexibility index (Phi) is 8.44. The van der Waals surface area contributed by atoms with Gasteiger partial charge in [0.25, 0.3) is 0 Å². The molecule has 1 aliphatic rings. The summed E-state index contributed by atoms with van der Waals surface area (Å²) in [6, 6.07) is 17.2. The predicted octanol–water partition coefficient (Wildman–Crippen LogP) is 4.06. The van der Waals surface area contributed by atoms with Crippen LogP contribution in [0.4, 0.5) is 4.79 Å². The second-order valence-electron chi connectivity index (χ2n) is 6.37. The van der Waals surface area contributed by atoms with Crippen LogP contribution in [0.5, 0.6) is 0 Å². The van der Waals surface area contributed by atoms with Crippen molar-refractivity contribution in [3.05, 3.63) is 71.8 Å². The summed E-state index contributed by atoms with van der Waals surface area (Å²) in [6.45, 7) is 0. The lowest BCUT2D eigenvalue weighted by molar-refractivity contribution is -0.137. The lowest BCUT2D eigenvalue weighted by atomic mass is 10.2. The monoisotopic (exact) mass is 477 g/mol. The number of rotatable bonds is 7. The number of nitrogens with zero attached hydrogens (tertiary/aromatic N) is 1. The minimum atomic E-state index is -1.47. The molecule has 0 spiro atoms.